The molecule has 1 saturated heterocycles. The Labute approximate surface area is 216 Å². The van der Waals surface area contributed by atoms with Gasteiger partial charge in [-0.15, -0.1) is 0 Å². The number of aliphatic hydroxyl groups is 1. The number of aromatic nitrogens is 1. The Kier molecular flexibility index (Phi) is 8.23. The van der Waals surface area contributed by atoms with Crippen LogP contribution in [0, 0.1) is 22.7 Å². The minimum atomic E-state index is -0.868. The largest absolute Gasteiger partial charge is 0.497 e. The van der Waals surface area contributed by atoms with E-state index in [1.165, 1.54) is 7.11 Å². The number of hydrogen-bond donors (Lipinski definition) is 5. The van der Waals surface area contributed by atoms with E-state index in [-0.39, 0.29) is 22.6 Å². The summed E-state index contributed by atoms with van der Waals surface area (Å²) in [5, 5.41) is 29.8. The van der Waals surface area contributed by atoms with Gasteiger partial charge in [0.1, 0.15) is 29.8 Å². The molecule has 1 aromatic heterocycles. The van der Waals surface area contributed by atoms with Crippen LogP contribution in [0.4, 0.5) is 0 Å². The zero-order chi connectivity index (χ0) is 26.8. The fourth-order valence-electron chi connectivity index (χ4n) is 4.75. The molecule has 2 aromatic rings. The van der Waals surface area contributed by atoms with Gasteiger partial charge < -0.3 is 25.5 Å². The number of carbonyl (C=O) groups is 2. The molecule has 0 bridgehead atoms. The Morgan fingerprint density at radius 2 is 2.00 bits per heavy atom. The van der Waals surface area contributed by atoms with Gasteiger partial charge in [0, 0.05) is 22.9 Å². The molecule has 5 N–H and O–H groups in total. The summed E-state index contributed by atoms with van der Waals surface area (Å²) in [7, 11) is 1.53. The van der Waals surface area contributed by atoms with Crippen molar-refractivity contribution >= 4 is 34.3 Å². The summed E-state index contributed by atoms with van der Waals surface area (Å²) >= 11 is 6.31. The number of aromatic amines is 1. The van der Waals surface area contributed by atoms with Crippen LogP contribution in [0.25, 0.3) is 10.9 Å². The number of H-pyrrole nitrogens is 1. The third-order valence-corrected chi connectivity index (χ3v) is 6.64. The standard InChI is InChI=1S/C26H36ClN5O4/c1-25(2,3)12-20(24(35)29-16(13-28)7-15-11-26(4,5)32-22(15)33)31-23(34)19-9-14-8-17(36-6)10-18(27)21(14)30-19/h8-10,15-16,20,22,30,32-33H,7,11-12H2,1-6H3,(H,29,35)(H,31,34)/t15-,16+,20+,22?/m1/s1. The van der Waals surface area contributed by atoms with Gasteiger partial charge in [-0.25, -0.2) is 0 Å². The van der Waals surface area contributed by atoms with Crippen LogP contribution in [0.2, 0.25) is 5.02 Å². The maximum Gasteiger partial charge on any atom is 0.268 e. The number of nitriles is 1. The summed E-state index contributed by atoms with van der Waals surface area (Å²) in [5.74, 6) is -0.512. The fourth-order valence-corrected chi connectivity index (χ4v) is 5.01. The van der Waals surface area contributed by atoms with Crippen molar-refractivity contribution in [2.24, 2.45) is 11.3 Å². The van der Waals surface area contributed by atoms with E-state index in [9.17, 15) is 20.0 Å². The first-order valence-electron chi connectivity index (χ1n) is 12.0. The monoisotopic (exact) mass is 517 g/mol. The van der Waals surface area contributed by atoms with Crippen LogP contribution < -0.4 is 20.7 Å². The number of amides is 2. The lowest BCUT2D eigenvalue weighted by atomic mass is 9.87. The van der Waals surface area contributed by atoms with E-state index in [0.29, 0.717) is 40.9 Å². The van der Waals surface area contributed by atoms with Crippen molar-refractivity contribution in [3.8, 4) is 11.8 Å². The third kappa shape index (κ3) is 6.90. The average molecular weight is 518 g/mol. The van der Waals surface area contributed by atoms with Gasteiger partial charge in [-0.2, -0.15) is 5.26 Å². The molecule has 1 aliphatic rings. The second-order valence-electron chi connectivity index (χ2n) is 11.4. The molecule has 2 amide bonds. The van der Waals surface area contributed by atoms with E-state index in [1.54, 1.807) is 18.2 Å². The van der Waals surface area contributed by atoms with Gasteiger partial charge in [0.2, 0.25) is 5.91 Å². The van der Waals surface area contributed by atoms with E-state index in [0.717, 1.165) is 0 Å². The highest BCUT2D eigenvalue weighted by molar-refractivity contribution is 6.35. The summed E-state index contributed by atoms with van der Waals surface area (Å²) in [6.45, 7) is 9.88. The van der Waals surface area contributed by atoms with Gasteiger partial charge in [-0.3, -0.25) is 14.9 Å². The van der Waals surface area contributed by atoms with Crippen molar-refractivity contribution in [2.45, 2.75) is 77.7 Å². The normalized spacial score (nSPS) is 21.0. The maximum absolute atomic E-state index is 13.2. The summed E-state index contributed by atoms with van der Waals surface area (Å²) in [6.07, 6.45) is 0.597. The van der Waals surface area contributed by atoms with Crippen LogP contribution in [-0.2, 0) is 4.79 Å². The molecule has 0 spiro atoms. The number of hydrogen-bond acceptors (Lipinski definition) is 6. The fraction of sp³-hybridized carbons (Fsp3) is 0.577. The van der Waals surface area contributed by atoms with Crippen molar-refractivity contribution in [3.05, 3.63) is 28.9 Å². The van der Waals surface area contributed by atoms with E-state index >= 15 is 0 Å². The zero-order valence-corrected chi connectivity index (χ0v) is 22.4. The van der Waals surface area contributed by atoms with E-state index in [1.807, 2.05) is 34.6 Å². The number of nitrogens with zero attached hydrogens (tertiary/aromatic N) is 1. The van der Waals surface area contributed by atoms with Gasteiger partial charge in [-0.1, -0.05) is 32.4 Å². The van der Waals surface area contributed by atoms with Crippen molar-refractivity contribution in [1.29, 1.82) is 5.26 Å². The van der Waals surface area contributed by atoms with Crippen molar-refractivity contribution < 1.29 is 19.4 Å². The molecule has 0 radical (unpaired) electrons. The average Bonchev–Trinajstić information content (AvgIpc) is 3.31. The molecule has 2 heterocycles. The molecule has 1 fully saturated rings. The Hall–Kier alpha value is -2.80. The zero-order valence-electron chi connectivity index (χ0n) is 21.7. The molecule has 0 aliphatic carbocycles. The highest BCUT2D eigenvalue weighted by Crippen LogP contribution is 2.31. The van der Waals surface area contributed by atoms with E-state index < -0.39 is 30.1 Å². The van der Waals surface area contributed by atoms with Gasteiger partial charge in [0.05, 0.1) is 23.7 Å². The number of fused-ring (bicyclic) bond motifs is 1. The lowest BCUT2D eigenvalue weighted by Crippen LogP contribution is -2.51. The lowest BCUT2D eigenvalue weighted by molar-refractivity contribution is -0.124. The Morgan fingerprint density at radius 1 is 1.31 bits per heavy atom. The predicted molar refractivity (Wildman–Crippen MR) is 139 cm³/mol. The van der Waals surface area contributed by atoms with Gasteiger partial charge in [-0.05, 0) is 50.7 Å². The molecular formula is C26H36ClN5O4. The summed E-state index contributed by atoms with van der Waals surface area (Å²) in [6, 6.07) is 5.53. The molecule has 196 valence electrons. The minimum Gasteiger partial charge on any atom is -0.497 e. The van der Waals surface area contributed by atoms with Gasteiger partial charge in [0.25, 0.3) is 5.91 Å². The first-order valence-corrected chi connectivity index (χ1v) is 12.4. The highest BCUT2D eigenvalue weighted by Gasteiger charge is 2.39. The van der Waals surface area contributed by atoms with Crippen LogP contribution in [0.15, 0.2) is 18.2 Å². The van der Waals surface area contributed by atoms with Gasteiger partial charge in [0.15, 0.2) is 0 Å². The summed E-state index contributed by atoms with van der Waals surface area (Å²) < 4.78 is 5.24. The van der Waals surface area contributed by atoms with E-state index in [4.69, 9.17) is 16.3 Å². The predicted octanol–water partition coefficient (Wildman–Crippen LogP) is 3.47. The Bertz CT molecular complexity index is 1160. The van der Waals surface area contributed by atoms with Crippen LogP contribution in [0.3, 0.4) is 0 Å². The number of halogens is 1. The Morgan fingerprint density at radius 3 is 2.56 bits per heavy atom. The molecule has 1 aliphatic heterocycles. The number of aliphatic hydroxyl groups excluding tert-OH is 1. The van der Waals surface area contributed by atoms with Crippen molar-refractivity contribution in [3.63, 3.8) is 0 Å². The molecule has 4 atom stereocenters. The quantitative estimate of drug-likeness (QED) is 0.363. The molecule has 36 heavy (non-hydrogen) atoms. The van der Waals surface area contributed by atoms with Crippen LogP contribution in [0.5, 0.6) is 5.75 Å². The molecule has 1 aromatic carbocycles. The van der Waals surface area contributed by atoms with Crippen LogP contribution in [-0.4, -0.2) is 52.9 Å². The van der Waals surface area contributed by atoms with E-state index in [2.05, 4.69) is 27.0 Å². The first kappa shape index (κ1) is 27.8. The molecule has 3 rings (SSSR count). The number of methoxy groups -OCH3 is 1. The highest BCUT2D eigenvalue weighted by atomic mass is 35.5. The molecule has 1 unspecified atom stereocenters. The third-order valence-electron chi connectivity index (χ3n) is 6.34. The van der Waals surface area contributed by atoms with Crippen LogP contribution in [0.1, 0.15) is 64.4 Å². The number of carbonyl (C=O) groups excluding carboxylic acids is 2. The van der Waals surface area contributed by atoms with Crippen molar-refractivity contribution in [1.82, 2.24) is 20.9 Å². The smallest absolute Gasteiger partial charge is 0.268 e. The summed E-state index contributed by atoms with van der Waals surface area (Å²) in [5.41, 5.74) is 0.328. The molecule has 0 saturated carbocycles. The molecular weight excluding hydrogens is 482 g/mol. The maximum atomic E-state index is 13.2. The minimum absolute atomic E-state index is 0.173. The number of ether oxygens (including phenoxy) is 1. The number of benzene rings is 1. The number of rotatable bonds is 8. The Balaban J connectivity index is 1.75. The number of nitrogens with one attached hydrogen (secondary N) is 4. The lowest BCUT2D eigenvalue weighted by Gasteiger charge is -2.27. The van der Waals surface area contributed by atoms with Gasteiger partial charge >= 0.3 is 0 Å². The molecule has 9 nitrogen and oxygen atoms in total. The second kappa shape index (κ2) is 10.7. The van der Waals surface area contributed by atoms with Crippen LogP contribution >= 0.6 is 11.6 Å². The second-order valence-corrected chi connectivity index (χ2v) is 11.8. The SMILES string of the molecule is COc1cc(Cl)c2[nH]c(C(=O)N[C@@H](CC(C)(C)C)C(=O)N[C@H](C#N)C[C@@H]3CC(C)(C)NC3O)cc2c1. The topological polar surface area (TPSA) is 139 Å². The molecule has 10 heteroatoms. The van der Waals surface area contributed by atoms with Crippen molar-refractivity contribution in [2.75, 3.05) is 7.11 Å². The summed E-state index contributed by atoms with van der Waals surface area (Å²) in [4.78, 5) is 29.4. The first-order chi connectivity index (χ1) is 16.7.